The molecule has 2 aliphatic rings. The average molecular weight is 257 g/mol. The number of carbonyl (C=O) groups is 2. The van der Waals surface area contributed by atoms with Gasteiger partial charge in [0.15, 0.2) is 0 Å². The highest BCUT2D eigenvalue weighted by Gasteiger charge is 2.46. The average Bonchev–Trinajstić information content (AvgIpc) is 2.74. The van der Waals surface area contributed by atoms with Gasteiger partial charge in [0.2, 0.25) is 11.8 Å². The Morgan fingerprint density at radius 2 is 2.18 bits per heavy atom. The van der Waals surface area contributed by atoms with Crippen LogP contribution < -0.4 is 0 Å². The largest absolute Gasteiger partial charge is 0.329 e. The zero-order valence-electron chi connectivity index (χ0n) is 9.99. The van der Waals surface area contributed by atoms with Gasteiger partial charge >= 0.3 is 0 Å². The van der Waals surface area contributed by atoms with Crippen LogP contribution in [0.3, 0.4) is 0 Å². The van der Waals surface area contributed by atoms with Crippen LogP contribution in [-0.4, -0.2) is 46.8 Å². The Bertz CT molecular complexity index is 370. The van der Waals surface area contributed by atoms with Crippen molar-refractivity contribution in [3.8, 4) is 0 Å². The zero-order valence-corrected chi connectivity index (χ0v) is 10.7. The first-order valence-electron chi connectivity index (χ1n) is 6.00. The van der Waals surface area contributed by atoms with Crippen LogP contribution in [0.4, 0.5) is 0 Å². The molecule has 0 aliphatic carbocycles. The molecule has 2 atom stereocenters. The van der Waals surface area contributed by atoms with Crippen molar-refractivity contribution in [1.82, 2.24) is 9.80 Å². The van der Waals surface area contributed by atoms with Crippen molar-refractivity contribution in [2.75, 3.05) is 13.1 Å². The quantitative estimate of drug-likeness (QED) is 0.765. The molecule has 0 N–H and O–H groups in total. The van der Waals surface area contributed by atoms with E-state index in [1.807, 2.05) is 6.92 Å². The van der Waals surface area contributed by atoms with Gasteiger partial charge in [-0.3, -0.25) is 9.59 Å². The van der Waals surface area contributed by atoms with E-state index in [4.69, 9.17) is 11.6 Å². The molecule has 2 aliphatic heterocycles. The van der Waals surface area contributed by atoms with Crippen LogP contribution in [-0.2, 0) is 9.59 Å². The normalized spacial score (nSPS) is 28.6. The van der Waals surface area contributed by atoms with Crippen LogP contribution in [0.5, 0.6) is 0 Å². The number of hydrogen-bond donors (Lipinski definition) is 0. The highest BCUT2D eigenvalue weighted by Crippen LogP contribution is 2.28. The van der Waals surface area contributed by atoms with E-state index in [0.717, 1.165) is 12.8 Å². The maximum absolute atomic E-state index is 12.3. The van der Waals surface area contributed by atoms with E-state index in [9.17, 15) is 9.59 Å². The molecule has 0 radical (unpaired) electrons. The summed E-state index contributed by atoms with van der Waals surface area (Å²) in [6.45, 7) is 6.51. The summed E-state index contributed by atoms with van der Waals surface area (Å²) in [5.41, 5.74) is 0. The first-order valence-corrected chi connectivity index (χ1v) is 6.38. The fourth-order valence-electron chi connectivity index (χ4n) is 2.72. The number of fused-ring (bicyclic) bond motifs is 1. The third-order valence-corrected chi connectivity index (χ3v) is 3.61. The number of nitrogens with zero attached hydrogens (tertiary/aromatic N) is 2. The standard InChI is InChI=1S/C12H17ClN2O2/c1-3-9-11(16)14-6-4-5-10(14)12(17)15(9)7-8(2)13/h9-10H,2-7H2,1H3. The fourth-order valence-corrected chi connectivity index (χ4v) is 2.85. The number of carbonyl (C=O) groups excluding carboxylic acids is 2. The van der Waals surface area contributed by atoms with Crippen LogP contribution in [0.1, 0.15) is 26.2 Å². The summed E-state index contributed by atoms with van der Waals surface area (Å²) in [4.78, 5) is 27.8. The molecule has 17 heavy (non-hydrogen) atoms. The van der Waals surface area contributed by atoms with Crippen molar-refractivity contribution in [3.05, 3.63) is 11.6 Å². The Morgan fingerprint density at radius 3 is 2.76 bits per heavy atom. The fraction of sp³-hybridized carbons (Fsp3) is 0.667. The van der Waals surface area contributed by atoms with Crippen molar-refractivity contribution in [2.24, 2.45) is 0 Å². The summed E-state index contributed by atoms with van der Waals surface area (Å²) in [6.07, 6.45) is 2.30. The van der Waals surface area contributed by atoms with Crippen LogP contribution in [0.15, 0.2) is 11.6 Å². The molecular formula is C12H17ClN2O2. The molecule has 0 aromatic carbocycles. The summed E-state index contributed by atoms with van der Waals surface area (Å²) in [7, 11) is 0. The number of halogens is 1. The SMILES string of the molecule is C=C(Cl)CN1C(=O)C2CCCN2C(=O)C1CC. The first-order chi connectivity index (χ1) is 8.06. The van der Waals surface area contributed by atoms with Gasteiger partial charge in [-0.1, -0.05) is 25.1 Å². The molecule has 5 heteroatoms. The van der Waals surface area contributed by atoms with Gasteiger partial charge in [0.05, 0.1) is 6.54 Å². The van der Waals surface area contributed by atoms with Crippen molar-refractivity contribution in [1.29, 1.82) is 0 Å². The van der Waals surface area contributed by atoms with E-state index < -0.39 is 0 Å². The molecule has 0 saturated carbocycles. The van der Waals surface area contributed by atoms with E-state index in [1.54, 1.807) is 9.80 Å². The third kappa shape index (κ3) is 2.06. The monoisotopic (exact) mass is 256 g/mol. The Labute approximate surface area is 106 Å². The minimum Gasteiger partial charge on any atom is -0.329 e. The molecule has 2 amide bonds. The highest BCUT2D eigenvalue weighted by atomic mass is 35.5. The Morgan fingerprint density at radius 1 is 1.47 bits per heavy atom. The lowest BCUT2D eigenvalue weighted by Gasteiger charge is -2.41. The van der Waals surface area contributed by atoms with Gasteiger partial charge in [-0.25, -0.2) is 0 Å². The van der Waals surface area contributed by atoms with Gasteiger partial charge in [0, 0.05) is 11.6 Å². The predicted molar refractivity (Wildman–Crippen MR) is 65.5 cm³/mol. The summed E-state index contributed by atoms with van der Waals surface area (Å²) in [5, 5.41) is 0.399. The van der Waals surface area contributed by atoms with Gasteiger partial charge in [-0.15, -0.1) is 0 Å². The van der Waals surface area contributed by atoms with Crippen molar-refractivity contribution in [2.45, 2.75) is 38.3 Å². The second-order valence-corrected chi connectivity index (χ2v) is 5.13. The highest BCUT2D eigenvalue weighted by molar-refractivity contribution is 6.29. The maximum Gasteiger partial charge on any atom is 0.246 e. The number of hydrogen-bond acceptors (Lipinski definition) is 2. The minimum atomic E-state index is -0.368. The number of piperazine rings is 1. The predicted octanol–water partition coefficient (Wildman–Crippen LogP) is 1.35. The molecule has 0 bridgehead atoms. The molecule has 2 unspecified atom stereocenters. The summed E-state index contributed by atoms with van der Waals surface area (Å²) >= 11 is 5.78. The van der Waals surface area contributed by atoms with Crippen LogP contribution in [0.2, 0.25) is 0 Å². The van der Waals surface area contributed by atoms with Crippen molar-refractivity contribution in [3.63, 3.8) is 0 Å². The van der Waals surface area contributed by atoms with Gasteiger partial charge in [-0.2, -0.15) is 0 Å². The molecule has 0 aromatic rings. The first kappa shape index (κ1) is 12.4. The van der Waals surface area contributed by atoms with E-state index in [1.165, 1.54) is 0 Å². The Balaban J connectivity index is 2.26. The molecule has 0 aromatic heterocycles. The second-order valence-electron chi connectivity index (χ2n) is 4.60. The van der Waals surface area contributed by atoms with Crippen LogP contribution in [0.25, 0.3) is 0 Å². The lowest BCUT2D eigenvalue weighted by molar-refractivity contribution is -0.158. The second kappa shape index (κ2) is 4.69. The Kier molecular flexibility index (Phi) is 3.43. The zero-order chi connectivity index (χ0) is 12.6. The Hall–Kier alpha value is -1.03. The number of rotatable bonds is 3. The van der Waals surface area contributed by atoms with Crippen molar-refractivity contribution < 1.29 is 9.59 Å². The topological polar surface area (TPSA) is 40.6 Å². The van der Waals surface area contributed by atoms with Gasteiger partial charge in [0.1, 0.15) is 12.1 Å². The van der Waals surface area contributed by atoms with Gasteiger partial charge in [-0.05, 0) is 19.3 Å². The third-order valence-electron chi connectivity index (χ3n) is 3.49. The summed E-state index contributed by atoms with van der Waals surface area (Å²) < 4.78 is 0. The summed E-state index contributed by atoms with van der Waals surface area (Å²) in [5.74, 6) is 0.0864. The lowest BCUT2D eigenvalue weighted by Crippen LogP contribution is -2.62. The molecule has 94 valence electrons. The molecule has 2 rings (SSSR count). The van der Waals surface area contributed by atoms with E-state index in [2.05, 4.69) is 6.58 Å². The summed E-state index contributed by atoms with van der Waals surface area (Å²) in [6, 6.07) is -0.631. The molecular weight excluding hydrogens is 240 g/mol. The minimum absolute atomic E-state index is 0.0238. The molecule has 4 nitrogen and oxygen atoms in total. The van der Waals surface area contributed by atoms with Crippen LogP contribution >= 0.6 is 11.6 Å². The van der Waals surface area contributed by atoms with E-state index >= 15 is 0 Å². The van der Waals surface area contributed by atoms with E-state index in [-0.39, 0.29) is 30.4 Å². The van der Waals surface area contributed by atoms with E-state index in [0.29, 0.717) is 18.0 Å². The van der Waals surface area contributed by atoms with Crippen molar-refractivity contribution >= 4 is 23.4 Å². The van der Waals surface area contributed by atoms with Crippen LogP contribution in [0, 0.1) is 0 Å². The molecule has 2 fully saturated rings. The maximum atomic E-state index is 12.3. The molecule has 2 saturated heterocycles. The number of amides is 2. The smallest absolute Gasteiger partial charge is 0.246 e. The molecule has 2 heterocycles. The lowest BCUT2D eigenvalue weighted by atomic mass is 10.0. The van der Waals surface area contributed by atoms with Gasteiger partial charge in [0.25, 0.3) is 0 Å². The van der Waals surface area contributed by atoms with Gasteiger partial charge < -0.3 is 9.80 Å². The molecule has 0 spiro atoms.